The van der Waals surface area contributed by atoms with Gasteiger partial charge in [-0.1, -0.05) is 26.0 Å². The number of benzene rings is 1. The number of aromatic nitrogens is 1. The van der Waals surface area contributed by atoms with E-state index in [0.717, 1.165) is 42.0 Å². The lowest BCUT2D eigenvalue weighted by Crippen LogP contribution is -2.36. The molecule has 0 aliphatic heterocycles. The largest absolute Gasteiger partial charge is 0.494 e. The zero-order valence-corrected chi connectivity index (χ0v) is 18.5. The molecule has 0 bridgehead atoms. The number of hydrogen-bond donors (Lipinski definition) is 2. The van der Waals surface area contributed by atoms with Gasteiger partial charge in [-0.15, -0.1) is 11.3 Å². The number of thiazole rings is 1. The first-order chi connectivity index (χ1) is 13.5. The van der Waals surface area contributed by atoms with Crippen LogP contribution in [0.3, 0.4) is 0 Å². The van der Waals surface area contributed by atoms with E-state index in [1.54, 1.807) is 18.4 Å². The molecule has 2 aromatic rings. The molecule has 2 rings (SSSR count). The first-order valence-corrected chi connectivity index (χ1v) is 10.6. The van der Waals surface area contributed by atoms with Gasteiger partial charge in [0, 0.05) is 25.5 Å². The second kappa shape index (κ2) is 11.7. The highest BCUT2D eigenvalue weighted by atomic mass is 32.1. The van der Waals surface area contributed by atoms with E-state index in [2.05, 4.69) is 71.0 Å². The minimum absolute atomic E-state index is 0.461. The Balaban J connectivity index is 1.73. The third-order valence-corrected chi connectivity index (χ3v) is 5.06. The van der Waals surface area contributed by atoms with Gasteiger partial charge in [0.05, 0.1) is 18.8 Å². The van der Waals surface area contributed by atoms with Gasteiger partial charge in [-0.2, -0.15) is 0 Å². The van der Waals surface area contributed by atoms with Crippen molar-refractivity contribution in [1.29, 1.82) is 0 Å². The van der Waals surface area contributed by atoms with Gasteiger partial charge in [0.25, 0.3) is 0 Å². The number of hydrogen-bond acceptors (Lipinski definition) is 5. The van der Waals surface area contributed by atoms with Gasteiger partial charge in [-0.3, -0.25) is 4.99 Å². The second-order valence-corrected chi connectivity index (χ2v) is 8.19. The molecular formula is C21H33N5OS. The maximum absolute atomic E-state index is 5.78. The molecule has 2 N–H and O–H groups in total. The van der Waals surface area contributed by atoms with Gasteiger partial charge < -0.3 is 20.3 Å². The molecule has 0 fully saturated rings. The summed E-state index contributed by atoms with van der Waals surface area (Å²) in [6, 6.07) is 8.20. The molecule has 6 nitrogen and oxygen atoms in total. The van der Waals surface area contributed by atoms with E-state index < -0.39 is 0 Å². The van der Waals surface area contributed by atoms with Crippen LogP contribution in [0.5, 0.6) is 5.75 Å². The van der Waals surface area contributed by atoms with Crippen molar-refractivity contribution in [2.24, 2.45) is 4.99 Å². The molecule has 7 heteroatoms. The first kappa shape index (κ1) is 22.2. The third-order valence-electron chi connectivity index (χ3n) is 4.19. The van der Waals surface area contributed by atoms with E-state index >= 15 is 0 Å². The molecule has 154 valence electrons. The van der Waals surface area contributed by atoms with Crippen LogP contribution in [0, 0.1) is 0 Å². The molecule has 0 saturated carbocycles. The minimum atomic E-state index is 0.461. The highest BCUT2D eigenvalue weighted by Crippen LogP contribution is 2.17. The van der Waals surface area contributed by atoms with Crippen molar-refractivity contribution in [3.05, 3.63) is 45.9 Å². The average molecular weight is 404 g/mol. The zero-order valence-electron chi connectivity index (χ0n) is 17.7. The maximum Gasteiger partial charge on any atom is 0.191 e. The molecule has 0 aliphatic carbocycles. The van der Waals surface area contributed by atoms with Crippen molar-refractivity contribution in [3.63, 3.8) is 0 Å². The Bertz CT molecular complexity index is 725. The van der Waals surface area contributed by atoms with E-state index in [1.807, 2.05) is 12.1 Å². The molecular weight excluding hydrogens is 370 g/mol. The minimum Gasteiger partial charge on any atom is -0.494 e. The van der Waals surface area contributed by atoms with Crippen LogP contribution in [0.25, 0.3) is 0 Å². The van der Waals surface area contributed by atoms with Crippen molar-refractivity contribution < 1.29 is 4.74 Å². The molecule has 28 heavy (non-hydrogen) atoms. The van der Waals surface area contributed by atoms with E-state index in [4.69, 9.17) is 4.74 Å². The summed E-state index contributed by atoms with van der Waals surface area (Å²) in [5.74, 6) is 2.14. The standard InChI is InChI=1S/C21H33N5OS/c1-16(2)19-15-28-20(25-19)14-24-21(22-3)23-13-17-7-9-18(10-8-17)27-12-6-11-26(4)5/h7-10,15-16H,6,11-14H2,1-5H3,(H2,22,23,24). The fourth-order valence-electron chi connectivity index (χ4n) is 2.51. The Labute approximate surface area is 173 Å². The van der Waals surface area contributed by atoms with E-state index in [9.17, 15) is 0 Å². The third kappa shape index (κ3) is 7.86. The number of guanidine groups is 1. The number of nitrogens with zero attached hydrogens (tertiary/aromatic N) is 3. The number of ether oxygens (including phenoxy) is 1. The molecule has 0 radical (unpaired) electrons. The van der Waals surface area contributed by atoms with Gasteiger partial charge in [0.1, 0.15) is 10.8 Å². The molecule has 0 amide bonds. The summed E-state index contributed by atoms with van der Waals surface area (Å²) >= 11 is 1.68. The summed E-state index contributed by atoms with van der Waals surface area (Å²) in [6.07, 6.45) is 1.02. The molecule has 1 aromatic heterocycles. The van der Waals surface area contributed by atoms with Gasteiger partial charge in [0.15, 0.2) is 5.96 Å². The monoisotopic (exact) mass is 403 g/mol. The molecule has 0 saturated heterocycles. The van der Waals surface area contributed by atoms with Crippen LogP contribution in [0.15, 0.2) is 34.6 Å². The summed E-state index contributed by atoms with van der Waals surface area (Å²) in [5, 5.41) is 9.86. The van der Waals surface area contributed by atoms with Gasteiger partial charge in [0.2, 0.25) is 0 Å². The zero-order chi connectivity index (χ0) is 20.4. The smallest absolute Gasteiger partial charge is 0.191 e. The molecule has 1 aromatic carbocycles. The van der Waals surface area contributed by atoms with Gasteiger partial charge in [-0.05, 0) is 44.1 Å². The van der Waals surface area contributed by atoms with Crippen LogP contribution in [-0.2, 0) is 13.1 Å². The van der Waals surface area contributed by atoms with Crippen molar-refractivity contribution >= 4 is 17.3 Å². The van der Waals surface area contributed by atoms with Crippen LogP contribution in [0.2, 0.25) is 0 Å². The topological polar surface area (TPSA) is 61.8 Å². The second-order valence-electron chi connectivity index (χ2n) is 7.25. The van der Waals surface area contributed by atoms with Crippen LogP contribution in [0.1, 0.15) is 42.5 Å². The molecule has 0 spiro atoms. The summed E-state index contributed by atoms with van der Waals surface area (Å²) < 4.78 is 5.78. The fourth-order valence-corrected chi connectivity index (χ4v) is 3.41. The van der Waals surface area contributed by atoms with Crippen molar-refractivity contribution in [1.82, 2.24) is 20.5 Å². The lowest BCUT2D eigenvalue weighted by atomic mass is 10.2. The highest BCUT2D eigenvalue weighted by Gasteiger charge is 2.06. The Morgan fingerprint density at radius 3 is 2.50 bits per heavy atom. The summed E-state index contributed by atoms with van der Waals surface area (Å²) in [4.78, 5) is 11.1. The normalized spacial score (nSPS) is 11.9. The summed E-state index contributed by atoms with van der Waals surface area (Å²) in [5.41, 5.74) is 2.33. The summed E-state index contributed by atoms with van der Waals surface area (Å²) in [6.45, 7) is 7.47. The number of nitrogens with one attached hydrogen (secondary N) is 2. The number of rotatable bonds is 10. The summed E-state index contributed by atoms with van der Waals surface area (Å²) in [7, 11) is 5.93. The SMILES string of the molecule is CN=C(NCc1ccc(OCCCN(C)C)cc1)NCc1nc(C(C)C)cs1. The molecule has 0 atom stereocenters. The number of aliphatic imine (C=N–C) groups is 1. The Morgan fingerprint density at radius 1 is 1.18 bits per heavy atom. The molecule has 1 heterocycles. The van der Waals surface area contributed by atoms with Crippen molar-refractivity contribution in [2.75, 3.05) is 34.3 Å². The quantitative estimate of drug-likeness (QED) is 0.361. The predicted octanol–water partition coefficient (Wildman–Crippen LogP) is 3.46. The lowest BCUT2D eigenvalue weighted by molar-refractivity contribution is 0.281. The van der Waals surface area contributed by atoms with Crippen LogP contribution in [0.4, 0.5) is 0 Å². The Morgan fingerprint density at radius 2 is 1.89 bits per heavy atom. The van der Waals surface area contributed by atoms with Crippen LogP contribution in [-0.4, -0.2) is 50.1 Å². The van der Waals surface area contributed by atoms with Crippen LogP contribution >= 0.6 is 11.3 Å². The molecule has 0 unspecified atom stereocenters. The van der Waals surface area contributed by atoms with E-state index in [-0.39, 0.29) is 0 Å². The van der Waals surface area contributed by atoms with Crippen molar-refractivity contribution in [3.8, 4) is 5.75 Å². The van der Waals surface area contributed by atoms with Crippen molar-refractivity contribution in [2.45, 2.75) is 39.3 Å². The van der Waals surface area contributed by atoms with E-state index in [0.29, 0.717) is 19.0 Å². The van der Waals surface area contributed by atoms with E-state index in [1.165, 1.54) is 5.56 Å². The molecule has 0 aliphatic rings. The Kier molecular flexibility index (Phi) is 9.23. The highest BCUT2D eigenvalue weighted by molar-refractivity contribution is 7.09. The van der Waals surface area contributed by atoms with Gasteiger partial charge >= 0.3 is 0 Å². The lowest BCUT2D eigenvalue weighted by Gasteiger charge is -2.12. The average Bonchev–Trinajstić information content (AvgIpc) is 3.15. The van der Waals surface area contributed by atoms with Gasteiger partial charge in [-0.25, -0.2) is 4.98 Å². The first-order valence-electron chi connectivity index (χ1n) is 9.73. The van der Waals surface area contributed by atoms with Crippen LogP contribution < -0.4 is 15.4 Å². The fraction of sp³-hybridized carbons (Fsp3) is 0.524. The predicted molar refractivity (Wildman–Crippen MR) is 118 cm³/mol. The Hall–Kier alpha value is -2.12. The maximum atomic E-state index is 5.78.